The fourth-order valence-electron chi connectivity index (χ4n) is 3.22. The van der Waals surface area contributed by atoms with Gasteiger partial charge in [0.25, 0.3) is 0 Å². The molecule has 1 aliphatic heterocycles. The van der Waals surface area contributed by atoms with Gasteiger partial charge in [0.1, 0.15) is 11.1 Å². The molecule has 0 spiro atoms. The molecule has 1 fully saturated rings. The van der Waals surface area contributed by atoms with E-state index in [0.29, 0.717) is 5.56 Å². The molecule has 1 aromatic heterocycles. The lowest BCUT2D eigenvalue weighted by Crippen LogP contribution is -2.43. The van der Waals surface area contributed by atoms with Crippen LogP contribution in [0.15, 0.2) is 0 Å². The third-order valence-corrected chi connectivity index (χ3v) is 5.60. The monoisotopic (exact) mass is 303 g/mol. The first-order chi connectivity index (χ1) is 10.3. The van der Waals surface area contributed by atoms with Gasteiger partial charge in [0, 0.05) is 4.88 Å². The zero-order chi connectivity index (χ0) is 14.7. The number of nitrogens with zero attached hydrogens (tertiary/aromatic N) is 1. The van der Waals surface area contributed by atoms with E-state index >= 15 is 0 Å². The highest BCUT2D eigenvalue weighted by molar-refractivity contribution is 7.16. The minimum atomic E-state index is -0.104. The highest BCUT2D eigenvalue weighted by Gasteiger charge is 2.25. The third kappa shape index (κ3) is 3.12. The van der Waals surface area contributed by atoms with Crippen molar-refractivity contribution in [1.82, 2.24) is 5.32 Å². The summed E-state index contributed by atoms with van der Waals surface area (Å²) < 4.78 is 0. The van der Waals surface area contributed by atoms with Crippen molar-refractivity contribution in [3.63, 3.8) is 0 Å². The number of piperidine rings is 1. The van der Waals surface area contributed by atoms with E-state index in [1.807, 2.05) is 0 Å². The molecule has 5 heteroatoms. The van der Waals surface area contributed by atoms with Crippen molar-refractivity contribution in [2.75, 3.05) is 11.9 Å². The number of thiophene rings is 1. The van der Waals surface area contributed by atoms with Gasteiger partial charge >= 0.3 is 0 Å². The van der Waals surface area contributed by atoms with Gasteiger partial charge in [-0.2, -0.15) is 5.26 Å². The van der Waals surface area contributed by atoms with Crippen LogP contribution in [0.5, 0.6) is 0 Å². The molecule has 1 aliphatic carbocycles. The zero-order valence-corrected chi connectivity index (χ0v) is 13.0. The SMILES string of the molecule is N#Cc1c(NC(=O)C2CCCCN2)sc2c1CCCCC2. The molecule has 3 rings (SSSR count). The molecule has 2 heterocycles. The van der Waals surface area contributed by atoms with Crippen LogP contribution in [0.1, 0.15) is 54.5 Å². The van der Waals surface area contributed by atoms with Gasteiger partial charge in [-0.3, -0.25) is 4.79 Å². The summed E-state index contributed by atoms with van der Waals surface area (Å²) >= 11 is 1.61. The van der Waals surface area contributed by atoms with Crippen LogP contribution < -0.4 is 10.6 Å². The van der Waals surface area contributed by atoms with Crippen LogP contribution in [0.4, 0.5) is 5.00 Å². The second-order valence-corrected chi connectivity index (χ2v) is 6.98. The van der Waals surface area contributed by atoms with Crippen molar-refractivity contribution in [1.29, 1.82) is 5.26 Å². The van der Waals surface area contributed by atoms with Crippen molar-refractivity contribution >= 4 is 22.2 Å². The normalized spacial score (nSPS) is 22.0. The molecule has 0 radical (unpaired) electrons. The summed E-state index contributed by atoms with van der Waals surface area (Å²) in [7, 11) is 0. The quantitative estimate of drug-likeness (QED) is 0.826. The van der Waals surface area contributed by atoms with Gasteiger partial charge in [0.05, 0.1) is 11.6 Å². The van der Waals surface area contributed by atoms with Crippen LogP contribution in [0.2, 0.25) is 0 Å². The Kier molecular flexibility index (Phi) is 4.57. The third-order valence-electron chi connectivity index (χ3n) is 4.40. The molecule has 0 saturated carbocycles. The van der Waals surface area contributed by atoms with Crippen molar-refractivity contribution in [2.45, 2.75) is 57.4 Å². The topological polar surface area (TPSA) is 64.9 Å². The van der Waals surface area contributed by atoms with Gasteiger partial charge in [-0.25, -0.2) is 0 Å². The number of hydrogen-bond acceptors (Lipinski definition) is 4. The Hall–Kier alpha value is -1.38. The van der Waals surface area contributed by atoms with Gasteiger partial charge in [-0.05, 0) is 50.6 Å². The van der Waals surface area contributed by atoms with Crippen LogP contribution in [-0.2, 0) is 17.6 Å². The molecular weight excluding hydrogens is 282 g/mol. The summed E-state index contributed by atoms with van der Waals surface area (Å²) in [6.07, 6.45) is 8.72. The smallest absolute Gasteiger partial charge is 0.242 e. The van der Waals surface area contributed by atoms with Gasteiger partial charge in [0.2, 0.25) is 5.91 Å². The number of nitriles is 1. The molecule has 2 N–H and O–H groups in total. The summed E-state index contributed by atoms with van der Waals surface area (Å²) in [6.45, 7) is 0.907. The molecule has 4 nitrogen and oxygen atoms in total. The first-order valence-electron chi connectivity index (χ1n) is 7.88. The van der Waals surface area contributed by atoms with Gasteiger partial charge in [-0.15, -0.1) is 11.3 Å². The maximum atomic E-state index is 12.3. The van der Waals surface area contributed by atoms with Gasteiger partial charge in [0.15, 0.2) is 0 Å². The molecule has 112 valence electrons. The molecule has 2 aliphatic rings. The second-order valence-electron chi connectivity index (χ2n) is 5.87. The highest BCUT2D eigenvalue weighted by atomic mass is 32.1. The van der Waals surface area contributed by atoms with Crippen LogP contribution in [0.25, 0.3) is 0 Å². The fraction of sp³-hybridized carbons (Fsp3) is 0.625. The molecule has 1 amide bonds. The summed E-state index contributed by atoms with van der Waals surface area (Å²) in [4.78, 5) is 13.6. The van der Waals surface area contributed by atoms with Crippen LogP contribution in [0, 0.1) is 11.3 Å². The predicted molar refractivity (Wildman–Crippen MR) is 84.6 cm³/mol. The number of carbonyl (C=O) groups is 1. The van der Waals surface area contributed by atoms with E-state index in [1.165, 1.54) is 23.3 Å². The number of rotatable bonds is 2. The van der Waals surface area contributed by atoms with E-state index in [-0.39, 0.29) is 11.9 Å². The lowest BCUT2D eigenvalue weighted by atomic mass is 10.0. The number of anilines is 1. The second kappa shape index (κ2) is 6.59. The Balaban J connectivity index is 1.79. The van der Waals surface area contributed by atoms with Gasteiger partial charge < -0.3 is 10.6 Å². The number of fused-ring (bicyclic) bond motifs is 1. The average Bonchev–Trinajstić information content (AvgIpc) is 2.68. The lowest BCUT2D eigenvalue weighted by molar-refractivity contribution is -0.118. The summed E-state index contributed by atoms with van der Waals surface area (Å²) in [5, 5.41) is 16.5. The summed E-state index contributed by atoms with van der Waals surface area (Å²) in [5.74, 6) is 0.0163. The van der Waals surface area contributed by atoms with E-state index in [2.05, 4.69) is 16.7 Å². The largest absolute Gasteiger partial charge is 0.315 e. The predicted octanol–water partition coefficient (Wildman–Crippen LogP) is 2.97. The number of amides is 1. The van der Waals surface area contributed by atoms with Crippen molar-refractivity contribution in [3.8, 4) is 6.07 Å². The van der Waals surface area contributed by atoms with Crippen LogP contribution in [-0.4, -0.2) is 18.5 Å². The fourth-order valence-corrected chi connectivity index (χ4v) is 4.47. The zero-order valence-electron chi connectivity index (χ0n) is 12.2. The van der Waals surface area contributed by atoms with Crippen LogP contribution in [0.3, 0.4) is 0 Å². The Bertz CT molecular complexity index is 567. The van der Waals surface area contributed by atoms with Crippen molar-refractivity contribution < 1.29 is 4.79 Å². The van der Waals surface area contributed by atoms with E-state index in [1.54, 1.807) is 11.3 Å². The summed E-state index contributed by atoms with van der Waals surface area (Å²) in [6, 6.07) is 2.21. The number of nitrogens with one attached hydrogen (secondary N) is 2. The molecule has 1 unspecified atom stereocenters. The standard InChI is InChI=1S/C16H21N3OS/c17-10-12-11-6-2-1-3-8-14(11)21-16(12)19-15(20)13-7-4-5-9-18-13/h13,18H,1-9H2,(H,19,20). The molecule has 1 atom stereocenters. The Morgan fingerprint density at radius 1 is 1.24 bits per heavy atom. The molecule has 21 heavy (non-hydrogen) atoms. The van der Waals surface area contributed by atoms with Crippen LogP contribution >= 0.6 is 11.3 Å². The average molecular weight is 303 g/mol. The maximum Gasteiger partial charge on any atom is 0.242 e. The van der Waals surface area contributed by atoms with E-state index < -0.39 is 0 Å². The first kappa shape index (κ1) is 14.6. The molecule has 0 bridgehead atoms. The summed E-state index contributed by atoms with van der Waals surface area (Å²) in [5.41, 5.74) is 1.90. The molecule has 1 aromatic rings. The van der Waals surface area contributed by atoms with E-state index in [4.69, 9.17) is 0 Å². The Morgan fingerprint density at radius 2 is 2.10 bits per heavy atom. The lowest BCUT2D eigenvalue weighted by Gasteiger charge is -2.22. The number of aryl methyl sites for hydroxylation is 1. The molecular formula is C16H21N3OS. The Labute approximate surface area is 129 Å². The Morgan fingerprint density at radius 3 is 2.86 bits per heavy atom. The molecule has 0 aromatic carbocycles. The number of hydrogen-bond donors (Lipinski definition) is 2. The highest BCUT2D eigenvalue weighted by Crippen LogP contribution is 2.37. The molecule has 1 saturated heterocycles. The van der Waals surface area contributed by atoms with E-state index in [0.717, 1.165) is 50.1 Å². The minimum Gasteiger partial charge on any atom is -0.315 e. The van der Waals surface area contributed by atoms with E-state index in [9.17, 15) is 10.1 Å². The number of carbonyl (C=O) groups excluding carboxylic acids is 1. The minimum absolute atomic E-state index is 0.0163. The maximum absolute atomic E-state index is 12.3. The van der Waals surface area contributed by atoms with Gasteiger partial charge in [-0.1, -0.05) is 12.8 Å². The first-order valence-corrected chi connectivity index (χ1v) is 8.70. The van der Waals surface area contributed by atoms with Crippen molar-refractivity contribution in [3.05, 3.63) is 16.0 Å². The van der Waals surface area contributed by atoms with Crippen molar-refractivity contribution in [2.24, 2.45) is 0 Å².